The third-order valence-corrected chi connectivity index (χ3v) is 8.05. The number of anilines is 2. The monoisotopic (exact) mass is 470 g/mol. The Morgan fingerprint density at radius 3 is 2.24 bits per heavy atom. The molecular weight excluding hydrogens is 444 g/mol. The average Bonchev–Trinajstić information content (AvgIpc) is 3.24. The van der Waals surface area contributed by atoms with Gasteiger partial charge in [-0.1, -0.05) is 48.5 Å². The largest absolute Gasteiger partial charge is 0.324 e. The molecule has 0 atom stereocenters. The SMILES string of the molecule is Cc1cc(C)cc(N(CC(=O)Nc2ccc3c4c(cccc24)CC3)S(=O)(=O)c2ccccc2)c1. The van der Waals surface area contributed by atoms with Crippen molar-refractivity contribution in [2.75, 3.05) is 16.2 Å². The first kappa shape index (κ1) is 22.2. The Balaban J connectivity index is 1.51. The number of rotatable bonds is 6. The number of hydrogen-bond acceptors (Lipinski definition) is 3. The zero-order valence-electron chi connectivity index (χ0n) is 19.2. The standard InChI is InChI=1S/C28H26N2O3S/c1-19-15-20(2)17-23(16-19)30(34(32,33)24-8-4-3-5-9-24)18-27(31)29-26-14-13-22-12-11-21-7-6-10-25(26)28(21)22/h3-10,13-17H,11-12,18H2,1-2H3,(H,29,31). The van der Waals surface area contributed by atoms with Gasteiger partial charge in [-0.2, -0.15) is 0 Å². The lowest BCUT2D eigenvalue weighted by molar-refractivity contribution is -0.114. The van der Waals surface area contributed by atoms with Crippen LogP contribution in [0, 0.1) is 13.8 Å². The second-order valence-corrected chi connectivity index (χ2v) is 10.7. The van der Waals surface area contributed by atoms with E-state index in [2.05, 4.69) is 17.4 Å². The highest BCUT2D eigenvalue weighted by Gasteiger charge is 2.28. The number of carbonyl (C=O) groups excluding carboxylic acids is 1. The fourth-order valence-electron chi connectivity index (χ4n) is 4.81. The molecule has 0 saturated heterocycles. The molecule has 1 amide bonds. The lowest BCUT2D eigenvalue weighted by Crippen LogP contribution is -2.38. The Bertz CT molecular complexity index is 1480. The first-order valence-corrected chi connectivity index (χ1v) is 12.8. The molecule has 0 bridgehead atoms. The molecule has 5 rings (SSSR count). The molecule has 5 nitrogen and oxygen atoms in total. The minimum absolute atomic E-state index is 0.146. The molecule has 1 aliphatic carbocycles. The summed E-state index contributed by atoms with van der Waals surface area (Å²) in [6, 6.07) is 23.9. The van der Waals surface area contributed by atoms with Crippen LogP contribution in [0.25, 0.3) is 10.8 Å². The number of carbonyl (C=O) groups is 1. The molecule has 172 valence electrons. The summed E-state index contributed by atoms with van der Waals surface area (Å²) in [6.07, 6.45) is 2.00. The predicted octanol–water partition coefficient (Wildman–Crippen LogP) is 5.39. The second-order valence-electron chi connectivity index (χ2n) is 8.83. The maximum Gasteiger partial charge on any atom is 0.264 e. The van der Waals surface area contributed by atoms with Crippen LogP contribution in [-0.2, 0) is 27.7 Å². The van der Waals surface area contributed by atoms with E-state index in [4.69, 9.17) is 0 Å². The number of aryl methyl sites for hydroxylation is 4. The van der Waals surface area contributed by atoms with Crippen molar-refractivity contribution in [3.8, 4) is 0 Å². The third-order valence-electron chi connectivity index (χ3n) is 6.26. The van der Waals surface area contributed by atoms with Gasteiger partial charge in [-0.05, 0) is 84.7 Å². The van der Waals surface area contributed by atoms with Crippen LogP contribution in [0.5, 0.6) is 0 Å². The Morgan fingerprint density at radius 2 is 1.53 bits per heavy atom. The van der Waals surface area contributed by atoms with Crippen LogP contribution >= 0.6 is 0 Å². The number of amides is 1. The Hall–Kier alpha value is -3.64. The van der Waals surface area contributed by atoms with Crippen molar-refractivity contribution in [3.05, 3.63) is 101 Å². The summed E-state index contributed by atoms with van der Waals surface area (Å²) in [5, 5.41) is 5.16. The van der Waals surface area contributed by atoms with Crippen LogP contribution in [0.2, 0.25) is 0 Å². The topological polar surface area (TPSA) is 66.5 Å². The minimum Gasteiger partial charge on any atom is -0.324 e. The van der Waals surface area contributed by atoms with E-state index in [1.54, 1.807) is 42.5 Å². The molecule has 1 N–H and O–H groups in total. The fourth-order valence-corrected chi connectivity index (χ4v) is 6.23. The van der Waals surface area contributed by atoms with E-state index in [1.807, 2.05) is 38.1 Å². The molecule has 0 spiro atoms. The van der Waals surface area contributed by atoms with E-state index in [-0.39, 0.29) is 11.4 Å². The van der Waals surface area contributed by atoms with Gasteiger partial charge in [0.05, 0.1) is 10.6 Å². The molecule has 0 unspecified atom stereocenters. The predicted molar refractivity (Wildman–Crippen MR) is 137 cm³/mol. The molecule has 1 aliphatic rings. The van der Waals surface area contributed by atoms with Gasteiger partial charge in [-0.25, -0.2) is 8.42 Å². The van der Waals surface area contributed by atoms with Gasteiger partial charge in [0.15, 0.2) is 0 Å². The number of hydrogen-bond donors (Lipinski definition) is 1. The summed E-state index contributed by atoms with van der Waals surface area (Å²) in [5.41, 5.74) is 5.59. The molecule has 0 aliphatic heterocycles. The van der Waals surface area contributed by atoms with Gasteiger partial charge in [0, 0.05) is 11.1 Å². The lowest BCUT2D eigenvalue weighted by atomic mass is 10.0. The first-order chi connectivity index (χ1) is 16.3. The molecule has 6 heteroatoms. The molecular formula is C28H26N2O3S. The highest BCUT2D eigenvalue weighted by Crippen LogP contribution is 2.35. The number of sulfonamides is 1. The highest BCUT2D eigenvalue weighted by molar-refractivity contribution is 7.92. The maximum atomic E-state index is 13.6. The van der Waals surface area contributed by atoms with Gasteiger partial charge in [-0.3, -0.25) is 9.10 Å². The van der Waals surface area contributed by atoms with Crippen molar-refractivity contribution < 1.29 is 13.2 Å². The van der Waals surface area contributed by atoms with Crippen molar-refractivity contribution >= 4 is 38.1 Å². The van der Waals surface area contributed by atoms with Crippen molar-refractivity contribution in [1.82, 2.24) is 0 Å². The quantitative estimate of drug-likeness (QED) is 0.411. The van der Waals surface area contributed by atoms with E-state index >= 15 is 0 Å². The van der Waals surface area contributed by atoms with E-state index in [0.717, 1.165) is 29.4 Å². The molecule has 0 heterocycles. The Kier molecular flexibility index (Phi) is 5.62. The molecule has 34 heavy (non-hydrogen) atoms. The third kappa shape index (κ3) is 4.05. The second kappa shape index (κ2) is 8.61. The number of benzene rings is 4. The molecule has 0 aromatic heterocycles. The Morgan fingerprint density at radius 1 is 0.853 bits per heavy atom. The van der Waals surface area contributed by atoms with Gasteiger partial charge in [-0.15, -0.1) is 0 Å². The molecule has 4 aromatic carbocycles. The zero-order valence-corrected chi connectivity index (χ0v) is 20.0. The van der Waals surface area contributed by atoms with E-state index in [9.17, 15) is 13.2 Å². The van der Waals surface area contributed by atoms with Crippen LogP contribution < -0.4 is 9.62 Å². The summed E-state index contributed by atoms with van der Waals surface area (Å²) in [6.45, 7) is 3.50. The van der Waals surface area contributed by atoms with E-state index in [0.29, 0.717) is 11.4 Å². The molecule has 0 radical (unpaired) electrons. The van der Waals surface area contributed by atoms with Gasteiger partial charge in [0.25, 0.3) is 10.0 Å². The van der Waals surface area contributed by atoms with Gasteiger partial charge < -0.3 is 5.32 Å². The normalized spacial score (nSPS) is 12.6. The van der Waals surface area contributed by atoms with Crippen LogP contribution in [0.1, 0.15) is 22.3 Å². The zero-order chi connectivity index (χ0) is 23.9. The van der Waals surface area contributed by atoms with Crippen LogP contribution in [-0.4, -0.2) is 20.9 Å². The summed E-state index contributed by atoms with van der Waals surface area (Å²) in [4.78, 5) is 13.4. The number of nitrogens with one attached hydrogen (secondary N) is 1. The first-order valence-electron chi connectivity index (χ1n) is 11.3. The van der Waals surface area contributed by atoms with Crippen LogP contribution in [0.3, 0.4) is 0 Å². The Labute approximate surface area is 200 Å². The fraction of sp³-hybridized carbons (Fsp3) is 0.179. The summed E-state index contributed by atoms with van der Waals surface area (Å²) >= 11 is 0. The van der Waals surface area contributed by atoms with Gasteiger partial charge in [0.1, 0.15) is 6.54 Å². The lowest BCUT2D eigenvalue weighted by Gasteiger charge is -2.25. The van der Waals surface area contributed by atoms with E-state index in [1.165, 1.54) is 20.8 Å². The highest BCUT2D eigenvalue weighted by atomic mass is 32.2. The molecule has 0 saturated carbocycles. The number of nitrogens with zero attached hydrogens (tertiary/aromatic N) is 1. The van der Waals surface area contributed by atoms with Crippen LogP contribution in [0.4, 0.5) is 11.4 Å². The smallest absolute Gasteiger partial charge is 0.264 e. The minimum atomic E-state index is -3.95. The molecule has 0 fully saturated rings. The maximum absolute atomic E-state index is 13.6. The van der Waals surface area contributed by atoms with Crippen molar-refractivity contribution in [2.24, 2.45) is 0 Å². The van der Waals surface area contributed by atoms with Gasteiger partial charge >= 0.3 is 0 Å². The van der Waals surface area contributed by atoms with Crippen molar-refractivity contribution in [1.29, 1.82) is 0 Å². The van der Waals surface area contributed by atoms with Crippen molar-refractivity contribution in [2.45, 2.75) is 31.6 Å². The van der Waals surface area contributed by atoms with E-state index < -0.39 is 15.9 Å². The van der Waals surface area contributed by atoms with Gasteiger partial charge in [0.2, 0.25) is 5.91 Å². The summed E-state index contributed by atoms with van der Waals surface area (Å²) < 4.78 is 28.4. The summed E-state index contributed by atoms with van der Waals surface area (Å²) in [7, 11) is -3.95. The van der Waals surface area contributed by atoms with Crippen molar-refractivity contribution in [3.63, 3.8) is 0 Å². The summed E-state index contributed by atoms with van der Waals surface area (Å²) in [5.74, 6) is -0.391. The average molecular weight is 471 g/mol. The van der Waals surface area contributed by atoms with Crippen LogP contribution in [0.15, 0.2) is 83.8 Å². The molecule has 4 aromatic rings.